The molecule has 0 aliphatic carbocycles. The summed E-state index contributed by atoms with van der Waals surface area (Å²) in [5.74, 6) is -6.21. The normalized spacial score (nSPS) is 17.7. The van der Waals surface area contributed by atoms with Gasteiger partial charge in [0.25, 0.3) is 5.56 Å². The van der Waals surface area contributed by atoms with E-state index >= 15 is 4.39 Å². The Labute approximate surface area is 383 Å². The Morgan fingerprint density at radius 3 is 2.36 bits per heavy atom. The second-order valence-electron chi connectivity index (χ2n) is 16.3. The zero-order chi connectivity index (χ0) is 48.9. The van der Waals surface area contributed by atoms with Crippen molar-refractivity contribution >= 4 is 63.9 Å². The maximum absolute atomic E-state index is 15.7. The number of likely N-dealkylation sites (tertiary alicyclic amines) is 1. The van der Waals surface area contributed by atoms with Gasteiger partial charge in [-0.1, -0.05) is 43.7 Å². The average Bonchev–Trinajstić information content (AvgIpc) is 3.81. The molecule has 7 N–H and O–H groups in total. The van der Waals surface area contributed by atoms with E-state index < -0.39 is 97.1 Å². The van der Waals surface area contributed by atoms with Crippen LogP contribution in [0.5, 0.6) is 0 Å². The number of benzene rings is 2. The van der Waals surface area contributed by atoms with Crippen LogP contribution in [-0.4, -0.2) is 104 Å². The van der Waals surface area contributed by atoms with Crippen LogP contribution in [0, 0.1) is 5.82 Å². The van der Waals surface area contributed by atoms with E-state index in [0.717, 1.165) is 11.0 Å². The van der Waals surface area contributed by atoms with E-state index in [1.807, 2.05) is 0 Å². The number of esters is 1. The third-order valence-corrected chi connectivity index (χ3v) is 11.9. The van der Waals surface area contributed by atoms with Gasteiger partial charge in [-0.25, -0.2) is 14.2 Å². The van der Waals surface area contributed by atoms with Crippen molar-refractivity contribution in [3.05, 3.63) is 92.5 Å². The average molecular weight is 927 g/mol. The number of nitrogens with zero attached hydrogens (tertiary/aromatic N) is 3. The van der Waals surface area contributed by atoms with E-state index in [0.29, 0.717) is 30.4 Å². The summed E-state index contributed by atoms with van der Waals surface area (Å²) in [6.45, 7) is -0.858. The molecule has 3 aliphatic heterocycles. The molecule has 7 amide bonds. The molecule has 1 fully saturated rings. The molecule has 352 valence electrons. The van der Waals surface area contributed by atoms with Crippen LogP contribution in [0.25, 0.3) is 22.3 Å². The predicted molar refractivity (Wildman–Crippen MR) is 235 cm³/mol. The Kier molecular flexibility index (Phi) is 14.1. The van der Waals surface area contributed by atoms with Gasteiger partial charge in [-0.05, 0) is 42.5 Å². The van der Waals surface area contributed by atoms with E-state index in [-0.39, 0.29) is 96.0 Å². The second-order valence-corrected chi connectivity index (χ2v) is 16.3. The predicted octanol–water partition coefficient (Wildman–Crippen LogP) is 0.435. The fourth-order valence-corrected chi connectivity index (χ4v) is 8.24. The molecule has 21 heteroatoms. The number of carbonyl (C=O) groups excluding carboxylic acids is 8. The number of cyclic esters (lactones) is 1. The highest BCUT2D eigenvalue weighted by Gasteiger charge is 2.45. The molecule has 0 bridgehead atoms. The minimum absolute atomic E-state index is 0.00994. The lowest BCUT2D eigenvalue weighted by molar-refractivity contribution is -0.172. The van der Waals surface area contributed by atoms with Gasteiger partial charge in [0.2, 0.25) is 41.4 Å². The number of aromatic nitrogens is 2. The molecule has 1 saturated heterocycles. The first-order chi connectivity index (χ1) is 32.5. The van der Waals surface area contributed by atoms with E-state index in [1.165, 1.54) is 16.7 Å². The topological polar surface area (TPSA) is 285 Å². The van der Waals surface area contributed by atoms with Crippen molar-refractivity contribution in [2.24, 2.45) is 0 Å². The third kappa shape index (κ3) is 10.4. The minimum atomic E-state index is -2.07. The summed E-state index contributed by atoms with van der Waals surface area (Å²) in [5.41, 5.74) is -0.784. The number of halogens is 1. The van der Waals surface area contributed by atoms with Gasteiger partial charge in [0.15, 0.2) is 5.60 Å². The van der Waals surface area contributed by atoms with Gasteiger partial charge in [-0.2, -0.15) is 0 Å². The second kappa shape index (κ2) is 20.4. The lowest BCUT2D eigenvalue weighted by atomic mass is 9.86. The van der Waals surface area contributed by atoms with Crippen molar-refractivity contribution in [3.63, 3.8) is 0 Å². The fraction of sp³-hybridized carbons (Fsp3) is 0.391. The SMILES string of the molecule is [3H]C1CC(=O)N(CCCCCC(=O)NCC(=O)NCC(=O)N[C@@H](Cc2ccccc2)C(=O)NCC(=O)Nc2cc3c(CO)c4c(nc3cc2F)-c2cc3c(c(=O)n2C4)COC(=O)[C@]3(O)CC)C1=O. The van der Waals surface area contributed by atoms with E-state index in [9.17, 15) is 53.4 Å². The monoisotopic (exact) mass is 926 g/mol. The molecule has 67 heavy (non-hydrogen) atoms. The Morgan fingerprint density at radius 2 is 1.64 bits per heavy atom. The highest BCUT2D eigenvalue weighted by molar-refractivity contribution is 6.02. The van der Waals surface area contributed by atoms with Crippen LogP contribution in [-0.2, 0) is 74.9 Å². The van der Waals surface area contributed by atoms with Crippen LogP contribution in [0.2, 0.25) is 0 Å². The number of hydrogen-bond donors (Lipinski definition) is 7. The number of unbranched alkanes of at least 4 members (excludes halogenated alkanes) is 2. The lowest BCUT2D eigenvalue weighted by Gasteiger charge is -2.31. The van der Waals surface area contributed by atoms with Gasteiger partial charge in [0.1, 0.15) is 18.5 Å². The van der Waals surface area contributed by atoms with Gasteiger partial charge >= 0.3 is 5.97 Å². The zero-order valence-electron chi connectivity index (χ0n) is 37.4. The van der Waals surface area contributed by atoms with Crippen molar-refractivity contribution < 1.29 is 59.1 Å². The minimum Gasteiger partial charge on any atom is -0.458 e. The zero-order valence-corrected chi connectivity index (χ0v) is 36.4. The number of carbonyl (C=O) groups is 8. The molecule has 4 aromatic rings. The molecule has 0 spiro atoms. The van der Waals surface area contributed by atoms with Gasteiger partial charge in [-0.15, -0.1) is 0 Å². The quantitative estimate of drug-likeness (QED) is 0.0337. The molecule has 2 aromatic carbocycles. The standard InChI is InChI=1S/C46H49FN8O12/c1-2-46(66)30-17-35-42-27(22-55(35)44(64)29(30)24-67-45(46)65)28(23-56)26-16-33(31(47)18-32(26)53-42)51-39(60)21-50-43(63)34(15-25-9-5-3-6-10-25)52-38(59)20-49-37(58)19-48-36(57)11-7-4-8-14-54-40(61)12-13-41(54)62/h3,5-6,9-10,16-18,34,56,66H,2,4,7-8,11-15,19-24H2,1H3,(H,48,57)(H,49,58)(H,50,63)(H,51,60)(H,52,59)/t34-,46-/m0/s1/i12T/t12?,34-,46-. The van der Waals surface area contributed by atoms with Crippen molar-refractivity contribution in [2.45, 2.75) is 89.7 Å². The lowest BCUT2D eigenvalue weighted by Crippen LogP contribution is -2.52. The Hall–Kier alpha value is -7.39. The largest absolute Gasteiger partial charge is 0.458 e. The number of imide groups is 1. The van der Waals surface area contributed by atoms with Crippen LogP contribution in [0.4, 0.5) is 10.1 Å². The first-order valence-corrected chi connectivity index (χ1v) is 21.7. The summed E-state index contributed by atoms with van der Waals surface area (Å²) in [4.78, 5) is 120. The summed E-state index contributed by atoms with van der Waals surface area (Å²) in [5, 5.41) is 34.2. The van der Waals surface area contributed by atoms with Gasteiger partial charge < -0.3 is 46.1 Å². The first-order valence-electron chi connectivity index (χ1n) is 22.2. The van der Waals surface area contributed by atoms with Crippen LogP contribution in [0.3, 0.4) is 0 Å². The summed E-state index contributed by atoms with van der Waals surface area (Å²) in [7, 11) is 0. The van der Waals surface area contributed by atoms with E-state index in [1.54, 1.807) is 37.3 Å². The number of ether oxygens (including phenoxy) is 1. The van der Waals surface area contributed by atoms with Crippen molar-refractivity contribution in [2.75, 3.05) is 31.5 Å². The van der Waals surface area contributed by atoms with E-state index in [2.05, 4.69) is 31.6 Å². The number of anilines is 1. The van der Waals surface area contributed by atoms with Crippen LogP contribution < -0.4 is 32.1 Å². The maximum Gasteiger partial charge on any atom is 0.343 e. The van der Waals surface area contributed by atoms with E-state index in [4.69, 9.17) is 6.11 Å². The van der Waals surface area contributed by atoms with Gasteiger partial charge in [0.05, 0.1) is 60.9 Å². The molecule has 1 unspecified atom stereocenters. The highest BCUT2D eigenvalue weighted by Crippen LogP contribution is 2.41. The molecular formula is C46H49FN8O12. The summed E-state index contributed by atoms with van der Waals surface area (Å²) >= 11 is 0. The highest BCUT2D eigenvalue weighted by atomic mass is 19.1. The molecule has 2 aromatic heterocycles. The number of aliphatic hydroxyl groups excluding tert-OH is 1. The first kappa shape index (κ1) is 46.2. The Bertz CT molecular complexity index is 2790. The molecule has 0 radical (unpaired) electrons. The van der Waals surface area contributed by atoms with Crippen molar-refractivity contribution in [3.8, 4) is 11.4 Å². The number of amides is 7. The van der Waals surface area contributed by atoms with Crippen LogP contribution >= 0.6 is 0 Å². The Morgan fingerprint density at radius 1 is 0.910 bits per heavy atom. The maximum atomic E-state index is 15.7. The molecule has 20 nitrogen and oxygen atoms in total. The Balaban J connectivity index is 0.929. The summed E-state index contributed by atoms with van der Waals surface area (Å²) in [6.07, 6.45) is 0.210. The molecular weight excluding hydrogens is 876 g/mol. The van der Waals surface area contributed by atoms with Crippen LogP contribution in [0.1, 0.15) is 81.0 Å². The number of nitrogens with one attached hydrogen (secondary N) is 5. The van der Waals surface area contributed by atoms with Crippen molar-refractivity contribution in [1.82, 2.24) is 35.7 Å². The van der Waals surface area contributed by atoms with Crippen LogP contribution in [0.15, 0.2) is 53.3 Å². The molecule has 5 heterocycles. The molecule has 3 atom stereocenters. The molecule has 0 saturated carbocycles. The van der Waals surface area contributed by atoms with Crippen molar-refractivity contribution in [1.29, 1.82) is 0 Å². The summed E-state index contributed by atoms with van der Waals surface area (Å²) in [6, 6.07) is 11.2. The number of fused-ring (bicyclic) bond motifs is 5. The molecule has 7 rings (SSSR count). The number of aliphatic hydroxyl groups is 2. The third-order valence-electron chi connectivity index (χ3n) is 11.9. The van der Waals surface area contributed by atoms with Gasteiger partial charge in [-0.3, -0.25) is 43.3 Å². The number of pyridine rings is 2. The molecule has 3 aliphatic rings. The van der Waals surface area contributed by atoms with Gasteiger partial charge in [0, 0.05) is 56.2 Å². The smallest absolute Gasteiger partial charge is 0.343 e. The fourth-order valence-electron chi connectivity index (χ4n) is 8.24. The number of rotatable bonds is 19. The number of hydrogen-bond acceptors (Lipinski definition) is 13. The summed E-state index contributed by atoms with van der Waals surface area (Å²) < 4.78 is 29.7.